The summed E-state index contributed by atoms with van der Waals surface area (Å²) in [5.41, 5.74) is 4.30. The molecule has 0 aliphatic rings. The number of nitrogens with zero attached hydrogens (tertiary/aromatic N) is 1. The first-order valence-corrected chi connectivity index (χ1v) is 9.97. The van der Waals surface area contributed by atoms with Crippen LogP contribution in [0.15, 0.2) is 78.9 Å². The molecule has 5 rings (SSSR count). The molecule has 0 atom stereocenters. The molecule has 0 radical (unpaired) electrons. The summed E-state index contributed by atoms with van der Waals surface area (Å²) < 4.78 is 11.0. The van der Waals surface area contributed by atoms with E-state index in [-0.39, 0.29) is 0 Å². The quantitative estimate of drug-likeness (QED) is 0.296. The van der Waals surface area contributed by atoms with E-state index in [1.807, 2.05) is 42.5 Å². The Morgan fingerprint density at radius 1 is 0.903 bits per heavy atom. The van der Waals surface area contributed by atoms with Crippen molar-refractivity contribution in [1.29, 1.82) is 0 Å². The van der Waals surface area contributed by atoms with Crippen molar-refractivity contribution in [1.82, 2.24) is 9.97 Å². The molecule has 0 aliphatic heterocycles. The first-order chi connectivity index (χ1) is 15.1. The fraction of sp³-hybridized carbons (Fsp3) is 0.0769. The van der Waals surface area contributed by atoms with Gasteiger partial charge in [0.25, 0.3) is 0 Å². The van der Waals surface area contributed by atoms with E-state index in [2.05, 4.69) is 24.0 Å². The monoisotopic (exact) mass is 408 g/mol. The van der Waals surface area contributed by atoms with Gasteiger partial charge in [-0.25, -0.2) is 9.78 Å². The molecule has 0 bridgehead atoms. The number of aromatic amines is 1. The van der Waals surface area contributed by atoms with Crippen LogP contribution in [0.3, 0.4) is 0 Å². The van der Waals surface area contributed by atoms with Crippen LogP contribution in [0, 0.1) is 6.92 Å². The normalized spacial score (nSPS) is 11.0. The highest BCUT2D eigenvalue weighted by Crippen LogP contribution is 2.34. The van der Waals surface area contributed by atoms with E-state index in [9.17, 15) is 4.79 Å². The molecule has 0 saturated carbocycles. The number of fused-ring (bicyclic) bond motifs is 3. The molecule has 0 spiro atoms. The Kier molecular flexibility index (Phi) is 4.64. The highest BCUT2D eigenvalue weighted by atomic mass is 16.5. The van der Waals surface area contributed by atoms with Crippen molar-refractivity contribution < 1.29 is 14.3 Å². The summed E-state index contributed by atoms with van der Waals surface area (Å²) in [6, 6.07) is 24.7. The number of hydrogen-bond donors (Lipinski definition) is 1. The van der Waals surface area contributed by atoms with Crippen molar-refractivity contribution in [2.75, 3.05) is 7.11 Å². The molecular weight excluding hydrogens is 388 g/mol. The van der Waals surface area contributed by atoms with Crippen molar-refractivity contribution in [2.24, 2.45) is 0 Å². The van der Waals surface area contributed by atoms with Crippen LogP contribution in [0.2, 0.25) is 0 Å². The molecule has 0 aliphatic carbocycles. The van der Waals surface area contributed by atoms with E-state index >= 15 is 0 Å². The van der Waals surface area contributed by atoms with Crippen LogP contribution in [-0.2, 0) is 0 Å². The molecule has 1 heterocycles. The number of carbonyl (C=O) groups is 1. The summed E-state index contributed by atoms with van der Waals surface area (Å²) in [5, 5.41) is 1.76. The first kappa shape index (κ1) is 18.9. The lowest BCUT2D eigenvalue weighted by atomic mass is 10.1. The topological polar surface area (TPSA) is 64.2 Å². The zero-order chi connectivity index (χ0) is 21.4. The molecule has 1 N–H and O–H groups in total. The second kappa shape index (κ2) is 7.61. The maximum atomic E-state index is 12.8. The second-order valence-corrected chi connectivity index (χ2v) is 7.39. The molecule has 0 unspecified atom stereocenters. The van der Waals surface area contributed by atoms with Crippen molar-refractivity contribution in [3.05, 3.63) is 90.0 Å². The van der Waals surface area contributed by atoms with Crippen molar-refractivity contribution in [3.63, 3.8) is 0 Å². The van der Waals surface area contributed by atoms with Gasteiger partial charge in [0.2, 0.25) is 0 Å². The predicted octanol–water partition coefficient (Wildman–Crippen LogP) is 5.92. The highest BCUT2D eigenvalue weighted by molar-refractivity contribution is 6.09. The van der Waals surface area contributed by atoms with E-state index in [1.54, 1.807) is 31.4 Å². The Morgan fingerprint density at radius 3 is 2.32 bits per heavy atom. The van der Waals surface area contributed by atoms with Crippen molar-refractivity contribution >= 4 is 27.8 Å². The van der Waals surface area contributed by atoms with Gasteiger partial charge in [0.1, 0.15) is 17.3 Å². The number of hydrogen-bond acceptors (Lipinski definition) is 4. The number of nitrogens with one attached hydrogen (secondary N) is 1. The van der Waals surface area contributed by atoms with Gasteiger partial charge in [0.05, 0.1) is 23.7 Å². The van der Waals surface area contributed by atoms with Crippen LogP contribution in [0.1, 0.15) is 15.9 Å². The van der Waals surface area contributed by atoms with Crippen LogP contribution in [0.25, 0.3) is 33.2 Å². The van der Waals surface area contributed by atoms with Crippen LogP contribution in [-0.4, -0.2) is 23.0 Å². The maximum absolute atomic E-state index is 12.8. The number of rotatable bonds is 4. The minimum absolute atomic E-state index is 0.426. The average molecular weight is 408 g/mol. The van der Waals surface area contributed by atoms with E-state index in [0.29, 0.717) is 17.1 Å². The molecular formula is C26H20N2O3. The van der Waals surface area contributed by atoms with Crippen LogP contribution in [0.5, 0.6) is 11.5 Å². The zero-order valence-electron chi connectivity index (χ0n) is 17.2. The fourth-order valence-corrected chi connectivity index (χ4v) is 3.63. The maximum Gasteiger partial charge on any atom is 0.343 e. The molecule has 4 aromatic carbocycles. The van der Waals surface area contributed by atoms with Crippen LogP contribution >= 0.6 is 0 Å². The van der Waals surface area contributed by atoms with Gasteiger partial charge >= 0.3 is 5.97 Å². The number of esters is 1. The Labute approximate surface area is 179 Å². The Hall–Kier alpha value is -4.12. The standard InChI is InChI=1S/C26H20N2O3/c1-16-7-9-17(10-8-16)25-27-22-15-23(20-5-3-4-6-21(20)24(22)28-25)31-26(29)18-11-13-19(30-2)14-12-18/h3-15H,1-2H3,(H,27,28). The molecule has 152 valence electrons. The lowest BCUT2D eigenvalue weighted by Crippen LogP contribution is -2.08. The lowest BCUT2D eigenvalue weighted by Gasteiger charge is -2.09. The number of benzene rings is 4. The molecule has 0 amide bonds. The van der Waals surface area contributed by atoms with Gasteiger partial charge in [0.15, 0.2) is 0 Å². The molecule has 0 saturated heterocycles. The Morgan fingerprint density at radius 2 is 1.61 bits per heavy atom. The lowest BCUT2D eigenvalue weighted by molar-refractivity contribution is 0.0737. The van der Waals surface area contributed by atoms with Gasteiger partial charge < -0.3 is 14.5 Å². The number of imidazole rings is 1. The smallest absolute Gasteiger partial charge is 0.343 e. The molecule has 0 fully saturated rings. The largest absolute Gasteiger partial charge is 0.497 e. The number of aryl methyl sites for hydroxylation is 1. The van der Waals surface area contributed by atoms with Gasteiger partial charge in [0, 0.05) is 22.4 Å². The SMILES string of the molecule is COc1ccc(C(=O)Oc2cc3[nH]c(-c4ccc(C)cc4)nc3c3ccccc23)cc1. The minimum atomic E-state index is -0.426. The predicted molar refractivity (Wildman–Crippen MR) is 122 cm³/mol. The van der Waals surface area contributed by atoms with Gasteiger partial charge in [-0.1, -0.05) is 54.1 Å². The van der Waals surface area contributed by atoms with Crippen LogP contribution < -0.4 is 9.47 Å². The number of aromatic nitrogens is 2. The summed E-state index contributed by atoms with van der Waals surface area (Å²) in [6.07, 6.45) is 0. The summed E-state index contributed by atoms with van der Waals surface area (Å²) in [6.45, 7) is 2.05. The zero-order valence-corrected chi connectivity index (χ0v) is 17.2. The molecule has 1 aromatic heterocycles. The van der Waals surface area contributed by atoms with Crippen molar-refractivity contribution in [3.8, 4) is 22.9 Å². The third-order valence-corrected chi connectivity index (χ3v) is 5.31. The van der Waals surface area contributed by atoms with Gasteiger partial charge in [-0.05, 0) is 31.2 Å². The number of methoxy groups -OCH3 is 1. The Balaban J connectivity index is 1.58. The summed E-state index contributed by atoms with van der Waals surface area (Å²) in [5.74, 6) is 1.52. The van der Waals surface area contributed by atoms with E-state index in [0.717, 1.165) is 33.2 Å². The van der Waals surface area contributed by atoms with Crippen molar-refractivity contribution in [2.45, 2.75) is 6.92 Å². The fourth-order valence-electron chi connectivity index (χ4n) is 3.63. The third-order valence-electron chi connectivity index (χ3n) is 5.31. The summed E-state index contributed by atoms with van der Waals surface area (Å²) in [7, 11) is 1.59. The Bertz CT molecular complexity index is 1400. The molecule has 31 heavy (non-hydrogen) atoms. The van der Waals surface area contributed by atoms with Gasteiger partial charge in [-0.15, -0.1) is 0 Å². The minimum Gasteiger partial charge on any atom is -0.497 e. The molecule has 5 aromatic rings. The van der Waals surface area contributed by atoms with E-state index in [4.69, 9.17) is 14.5 Å². The number of ether oxygens (including phenoxy) is 2. The van der Waals surface area contributed by atoms with Gasteiger partial charge in [-0.3, -0.25) is 0 Å². The first-order valence-electron chi connectivity index (χ1n) is 9.97. The summed E-state index contributed by atoms with van der Waals surface area (Å²) >= 11 is 0. The van der Waals surface area contributed by atoms with Gasteiger partial charge in [-0.2, -0.15) is 0 Å². The van der Waals surface area contributed by atoms with Crippen LogP contribution in [0.4, 0.5) is 0 Å². The summed E-state index contributed by atoms with van der Waals surface area (Å²) in [4.78, 5) is 21.0. The second-order valence-electron chi connectivity index (χ2n) is 7.39. The average Bonchev–Trinajstić information content (AvgIpc) is 3.24. The van der Waals surface area contributed by atoms with E-state index < -0.39 is 5.97 Å². The highest BCUT2D eigenvalue weighted by Gasteiger charge is 2.16. The number of carbonyl (C=O) groups excluding carboxylic acids is 1. The number of H-pyrrole nitrogens is 1. The molecule has 5 heteroatoms. The molecule has 5 nitrogen and oxygen atoms in total. The van der Waals surface area contributed by atoms with E-state index in [1.165, 1.54) is 5.56 Å². The third kappa shape index (κ3) is 3.51.